The van der Waals surface area contributed by atoms with Crippen LogP contribution in [-0.2, 0) is 14.3 Å². The molecule has 1 atom stereocenters. The zero-order valence-electron chi connectivity index (χ0n) is 16.5. The molecule has 7 nitrogen and oxygen atoms in total. The van der Waals surface area contributed by atoms with Crippen molar-refractivity contribution in [3.63, 3.8) is 0 Å². The Labute approximate surface area is 172 Å². The molecule has 2 N–H and O–H groups in total. The highest BCUT2D eigenvalue weighted by Gasteiger charge is 2.43. The molecule has 154 valence electrons. The zero-order chi connectivity index (χ0) is 21.4. The van der Waals surface area contributed by atoms with Crippen LogP contribution in [0.3, 0.4) is 0 Å². The van der Waals surface area contributed by atoms with E-state index in [0.717, 1.165) is 21.6 Å². The van der Waals surface area contributed by atoms with Gasteiger partial charge in [0.2, 0.25) is 5.91 Å². The third-order valence-corrected chi connectivity index (χ3v) is 5.19. The molecule has 0 fully saturated rings. The molecule has 0 saturated heterocycles. The van der Waals surface area contributed by atoms with Crippen molar-refractivity contribution in [3.05, 3.63) is 76.2 Å². The van der Waals surface area contributed by atoms with Gasteiger partial charge in [0, 0.05) is 0 Å². The van der Waals surface area contributed by atoms with Gasteiger partial charge in [-0.05, 0) is 37.1 Å². The van der Waals surface area contributed by atoms with Crippen molar-refractivity contribution >= 4 is 23.6 Å². The summed E-state index contributed by atoms with van der Waals surface area (Å²) in [5.74, 6) is -1.70. The van der Waals surface area contributed by atoms with Gasteiger partial charge < -0.3 is 15.4 Å². The molecule has 1 unspecified atom stereocenters. The van der Waals surface area contributed by atoms with E-state index in [4.69, 9.17) is 4.74 Å². The fraction of sp³-hybridized carbons (Fsp3) is 0.227. The number of nitrogens with zero attached hydrogens (tertiary/aromatic N) is 1. The number of nitrogens with one attached hydrogen (secondary N) is 2. The molecule has 2 aromatic carbocycles. The molecule has 2 aliphatic heterocycles. The lowest BCUT2D eigenvalue weighted by Gasteiger charge is -2.33. The van der Waals surface area contributed by atoms with Gasteiger partial charge in [0.15, 0.2) is 0 Å². The number of ether oxygens (including phenoxy) is 1. The quantitative estimate of drug-likeness (QED) is 0.760. The van der Waals surface area contributed by atoms with E-state index in [1.54, 1.807) is 6.07 Å². The number of esters is 1. The van der Waals surface area contributed by atoms with Gasteiger partial charge in [-0.2, -0.15) is 0 Å². The fourth-order valence-electron chi connectivity index (χ4n) is 3.68. The Hall–Kier alpha value is -3.68. The Bertz CT molecular complexity index is 1100. The number of aryl methyl sites for hydroxylation is 2. The van der Waals surface area contributed by atoms with Crippen LogP contribution in [-0.4, -0.2) is 36.0 Å². The highest BCUT2D eigenvalue weighted by molar-refractivity contribution is 6.00. The van der Waals surface area contributed by atoms with E-state index in [1.165, 1.54) is 18.2 Å². The van der Waals surface area contributed by atoms with Gasteiger partial charge in [0.1, 0.15) is 19.0 Å². The van der Waals surface area contributed by atoms with E-state index in [9.17, 15) is 18.8 Å². The molecule has 3 amide bonds. The second-order valence-corrected chi connectivity index (χ2v) is 7.29. The number of cyclic esters (lactones) is 1. The van der Waals surface area contributed by atoms with E-state index >= 15 is 0 Å². The molecule has 2 aliphatic rings. The number of urea groups is 1. The van der Waals surface area contributed by atoms with Gasteiger partial charge in [-0.15, -0.1) is 0 Å². The van der Waals surface area contributed by atoms with Crippen LogP contribution in [0.2, 0.25) is 0 Å². The van der Waals surface area contributed by atoms with Crippen molar-refractivity contribution in [1.82, 2.24) is 10.2 Å². The highest BCUT2D eigenvalue weighted by atomic mass is 19.1. The molecule has 0 saturated carbocycles. The number of carbonyl (C=O) groups excluding carboxylic acids is 3. The van der Waals surface area contributed by atoms with Gasteiger partial charge in [0.25, 0.3) is 0 Å². The van der Waals surface area contributed by atoms with Crippen LogP contribution in [0.4, 0.5) is 14.9 Å². The van der Waals surface area contributed by atoms with E-state index in [2.05, 4.69) is 10.6 Å². The average Bonchev–Trinajstić information content (AvgIpc) is 3.09. The second kappa shape index (κ2) is 7.62. The summed E-state index contributed by atoms with van der Waals surface area (Å²) in [4.78, 5) is 38.9. The van der Waals surface area contributed by atoms with Crippen molar-refractivity contribution in [3.8, 4) is 0 Å². The predicted molar refractivity (Wildman–Crippen MR) is 107 cm³/mol. The number of halogens is 1. The number of hydrogen-bond acceptors (Lipinski definition) is 4. The van der Waals surface area contributed by atoms with Crippen LogP contribution < -0.4 is 10.6 Å². The maximum atomic E-state index is 13.8. The Morgan fingerprint density at radius 3 is 2.77 bits per heavy atom. The molecule has 2 heterocycles. The van der Waals surface area contributed by atoms with E-state index < -0.39 is 29.8 Å². The van der Waals surface area contributed by atoms with Gasteiger partial charge in [-0.1, -0.05) is 35.9 Å². The number of para-hydroxylation sites is 1. The van der Waals surface area contributed by atoms with Crippen LogP contribution in [0.25, 0.3) is 0 Å². The average molecular weight is 409 g/mol. The summed E-state index contributed by atoms with van der Waals surface area (Å²) in [5, 5.41) is 5.25. The predicted octanol–water partition coefficient (Wildman–Crippen LogP) is 2.96. The van der Waals surface area contributed by atoms with Gasteiger partial charge in [-0.25, -0.2) is 14.0 Å². The van der Waals surface area contributed by atoms with Gasteiger partial charge >= 0.3 is 12.0 Å². The van der Waals surface area contributed by atoms with Crippen LogP contribution in [0.15, 0.2) is 53.7 Å². The molecule has 0 radical (unpaired) electrons. The topological polar surface area (TPSA) is 87.7 Å². The number of benzene rings is 2. The second-order valence-electron chi connectivity index (χ2n) is 7.29. The summed E-state index contributed by atoms with van der Waals surface area (Å²) in [6, 6.07) is 10.3. The molecule has 8 heteroatoms. The maximum Gasteiger partial charge on any atom is 0.338 e. The molecule has 2 aromatic rings. The largest absolute Gasteiger partial charge is 0.456 e. The lowest BCUT2D eigenvalue weighted by molar-refractivity contribution is -0.136. The monoisotopic (exact) mass is 409 g/mol. The number of anilines is 1. The Morgan fingerprint density at radius 1 is 1.23 bits per heavy atom. The van der Waals surface area contributed by atoms with Crippen molar-refractivity contribution in [2.45, 2.75) is 19.9 Å². The molecular weight excluding hydrogens is 389 g/mol. The minimum atomic E-state index is -0.659. The van der Waals surface area contributed by atoms with Gasteiger partial charge in [0.05, 0.1) is 23.0 Å². The summed E-state index contributed by atoms with van der Waals surface area (Å²) in [5.41, 5.74) is 3.37. The molecule has 4 rings (SSSR count). The molecule has 30 heavy (non-hydrogen) atoms. The van der Waals surface area contributed by atoms with Crippen LogP contribution in [0, 0.1) is 19.7 Å². The van der Waals surface area contributed by atoms with Crippen LogP contribution >= 0.6 is 0 Å². The van der Waals surface area contributed by atoms with Crippen molar-refractivity contribution in [2.75, 3.05) is 18.5 Å². The SMILES string of the molecule is Cc1ccc(C)c(C2NC(=O)N(CC(=O)Nc3ccccc3F)C3=C2C(=O)OC3)c1. The standard InChI is InChI=1S/C22H20FN3O4/c1-12-7-8-13(2)14(9-12)20-19-17(11-30-21(19)28)26(22(29)25-20)10-18(27)24-16-6-4-3-5-15(16)23/h3-9,20H,10-11H2,1-2H3,(H,24,27)(H,25,29). The first-order chi connectivity index (χ1) is 14.3. The number of amides is 3. The van der Waals surface area contributed by atoms with E-state index in [-0.39, 0.29) is 18.8 Å². The van der Waals surface area contributed by atoms with Crippen molar-refractivity contribution in [2.24, 2.45) is 0 Å². The number of hydrogen-bond donors (Lipinski definition) is 2. The first-order valence-electron chi connectivity index (χ1n) is 9.45. The normalized spacial score (nSPS) is 18.1. The van der Waals surface area contributed by atoms with Crippen LogP contribution in [0.1, 0.15) is 22.7 Å². The maximum absolute atomic E-state index is 13.8. The molecular formula is C22H20FN3O4. The molecule has 0 bridgehead atoms. The van der Waals surface area contributed by atoms with Crippen LogP contribution in [0.5, 0.6) is 0 Å². The Morgan fingerprint density at radius 2 is 2.00 bits per heavy atom. The van der Waals surface area contributed by atoms with E-state index in [0.29, 0.717) is 11.3 Å². The summed E-state index contributed by atoms with van der Waals surface area (Å²) < 4.78 is 19.0. The number of carbonyl (C=O) groups is 3. The summed E-state index contributed by atoms with van der Waals surface area (Å²) >= 11 is 0. The summed E-state index contributed by atoms with van der Waals surface area (Å²) in [6.07, 6.45) is 0. The van der Waals surface area contributed by atoms with Crippen molar-refractivity contribution in [1.29, 1.82) is 0 Å². The lowest BCUT2D eigenvalue weighted by atomic mass is 9.91. The summed E-state index contributed by atoms with van der Waals surface area (Å²) in [6.45, 7) is 3.34. The highest BCUT2D eigenvalue weighted by Crippen LogP contribution is 2.36. The number of rotatable bonds is 4. The molecule has 0 aromatic heterocycles. The minimum absolute atomic E-state index is 0.0149. The van der Waals surface area contributed by atoms with Crippen molar-refractivity contribution < 1.29 is 23.5 Å². The Kier molecular flexibility index (Phi) is 4.99. The Balaban J connectivity index is 1.64. The van der Waals surface area contributed by atoms with E-state index in [1.807, 2.05) is 32.0 Å². The lowest BCUT2D eigenvalue weighted by Crippen LogP contribution is -2.49. The minimum Gasteiger partial charge on any atom is -0.456 e. The summed E-state index contributed by atoms with van der Waals surface area (Å²) in [7, 11) is 0. The van der Waals surface area contributed by atoms with Gasteiger partial charge in [-0.3, -0.25) is 9.69 Å². The fourth-order valence-corrected chi connectivity index (χ4v) is 3.68. The third-order valence-electron chi connectivity index (χ3n) is 5.19. The first-order valence-corrected chi connectivity index (χ1v) is 9.45. The third kappa shape index (κ3) is 3.52. The first kappa shape index (κ1) is 19.6. The molecule has 0 spiro atoms. The smallest absolute Gasteiger partial charge is 0.338 e. The zero-order valence-corrected chi connectivity index (χ0v) is 16.5. The molecule has 0 aliphatic carbocycles.